The standard InChI is InChI=1S/C8H15NO2.C8H14O2.C5H8O2/c1-7(8(10)11)5-4-6-9(2)3;1-4-5-6-10-8(9)7(2)3;1-4(2)5(6)7-3/h1,4-6H2,2-3H3,(H,10,11);2,4-6H2,1,3H3;1H2,2-3H3. The Morgan fingerprint density at radius 1 is 0.964 bits per heavy atom. The molecule has 7 nitrogen and oxygen atoms in total. The van der Waals surface area contributed by atoms with Gasteiger partial charge in [0.2, 0.25) is 0 Å². The molecule has 0 aromatic carbocycles. The summed E-state index contributed by atoms with van der Waals surface area (Å²) in [5, 5.41) is 8.43. The second-order valence-electron chi connectivity index (χ2n) is 6.36. The maximum absolute atomic E-state index is 10.7. The molecule has 0 aromatic heterocycles. The van der Waals surface area contributed by atoms with Crippen LogP contribution in [0.3, 0.4) is 0 Å². The third kappa shape index (κ3) is 23.6. The Hall–Kier alpha value is -2.41. The van der Waals surface area contributed by atoms with Crippen molar-refractivity contribution in [3.05, 3.63) is 36.5 Å². The lowest BCUT2D eigenvalue weighted by atomic mass is 10.1. The van der Waals surface area contributed by atoms with Gasteiger partial charge < -0.3 is 19.5 Å². The molecular weight excluding hydrogens is 362 g/mol. The van der Waals surface area contributed by atoms with Gasteiger partial charge in [0, 0.05) is 16.7 Å². The van der Waals surface area contributed by atoms with Crippen molar-refractivity contribution in [2.24, 2.45) is 0 Å². The summed E-state index contributed by atoms with van der Waals surface area (Å²) >= 11 is 0. The number of carbonyl (C=O) groups is 3. The Morgan fingerprint density at radius 3 is 1.75 bits per heavy atom. The van der Waals surface area contributed by atoms with E-state index in [0.717, 1.165) is 25.8 Å². The molecule has 1 N–H and O–H groups in total. The Balaban J connectivity index is -0.000000343. The fourth-order valence-corrected chi connectivity index (χ4v) is 1.32. The van der Waals surface area contributed by atoms with Crippen molar-refractivity contribution < 1.29 is 29.0 Å². The Bertz CT molecular complexity index is 523. The fourth-order valence-electron chi connectivity index (χ4n) is 1.32. The molecule has 0 heterocycles. The van der Waals surface area contributed by atoms with Crippen LogP contribution in [0.25, 0.3) is 0 Å². The summed E-state index contributed by atoms with van der Waals surface area (Å²) in [6.07, 6.45) is 3.41. The minimum atomic E-state index is -0.885. The van der Waals surface area contributed by atoms with Gasteiger partial charge in [-0.25, -0.2) is 14.4 Å². The molecular formula is C21H37NO6. The molecule has 0 fully saturated rings. The van der Waals surface area contributed by atoms with Gasteiger partial charge >= 0.3 is 17.9 Å². The zero-order chi connectivity index (χ0) is 22.7. The predicted octanol–water partition coefficient (Wildman–Crippen LogP) is 3.61. The summed E-state index contributed by atoms with van der Waals surface area (Å²) < 4.78 is 9.08. The van der Waals surface area contributed by atoms with Gasteiger partial charge in [-0.1, -0.05) is 33.1 Å². The first-order valence-electron chi connectivity index (χ1n) is 9.02. The van der Waals surface area contributed by atoms with Crippen LogP contribution >= 0.6 is 0 Å². The average molecular weight is 400 g/mol. The number of ether oxygens (including phenoxy) is 2. The highest BCUT2D eigenvalue weighted by molar-refractivity contribution is 5.87. The number of rotatable bonds is 10. The molecule has 162 valence electrons. The number of esters is 2. The van der Waals surface area contributed by atoms with Gasteiger partial charge in [-0.2, -0.15) is 0 Å². The van der Waals surface area contributed by atoms with E-state index in [1.165, 1.54) is 7.11 Å². The molecule has 0 aromatic rings. The molecule has 0 rings (SSSR count). The van der Waals surface area contributed by atoms with E-state index in [9.17, 15) is 14.4 Å². The van der Waals surface area contributed by atoms with Gasteiger partial charge in [-0.15, -0.1) is 0 Å². The molecule has 0 aliphatic heterocycles. The van der Waals surface area contributed by atoms with Gasteiger partial charge in [0.1, 0.15) is 0 Å². The van der Waals surface area contributed by atoms with Gasteiger partial charge in [-0.3, -0.25) is 0 Å². The molecule has 0 saturated carbocycles. The lowest BCUT2D eigenvalue weighted by Crippen LogP contribution is -2.13. The normalized spacial score (nSPS) is 9.11. The smallest absolute Gasteiger partial charge is 0.333 e. The van der Waals surface area contributed by atoms with E-state index in [4.69, 9.17) is 9.84 Å². The first-order valence-corrected chi connectivity index (χ1v) is 9.02. The van der Waals surface area contributed by atoms with Crippen LogP contribution in [-0.2, 0) is 23.9 Å². The minimum Gasteiger partial charge on any atom is -0.478 e. The van der Waals surface area contributed by atoms with E-state index in [1.807, 2.05) is 19.0 Å². The maximum atomic E-state index is 10.7. The maximum Gasteiger partial charge on any atom is 0.333 e. The number of unbranched alkanes of at least 4 members (excludes halogenated alkanes) is 1. The summed E-state index contributed by atoms with van der Waals surface area (Å²) in [6.45, 7) is 17.0. The summed E-state index contributed by atoms with van der Waals surface area (Å²) in [6, 6.07) is 0. The molecule has 0 bridgehead atoms. The van der Waals surface area contributed by atoms with Crippen molar-refractivity contribution >= 4 is 17.9 Å². The van der Waals surface area contributed by atoms with Crippen LogP contribution < -0.4 is 0 Å². The third-order valence-corrected chi connectivity index (χ3v) is 3.00. The molecule has 0 aliphatic carbocycles. The zero-order valence-electron chi connectivity index (χ0n) is 18.3. The summed E-state index contributed by atoms with van der Waals surface area (Å²) in [7, 11) is 5.25. The topological polar surface area (TPSA) is 93.1 Å². The monoisotopic (exact) mass is 399 g/mol. The highest BCUT2D eigenvalue weighted by atomic mass is 16.5. The molecule has 28 heavy (non-hydrogen) atoms. The quantitative estimate of drug-likeness (QED) is 0.341. The number of methoxy groups -OCH3 is 1. The number of aliphatic carboxylic acids is 1. The highest BCUT2D eigenvalue weighted by Crippen LogP contribution is 2.02. The number of nitrogens with zero attached hydrogens (tertiary/aromatic N) is 1. The second-order valence-corrected chi connectivity index (χ2v) is 6.36. The van der Waals surface area contributed by atoms with Crippen LogP contribution in [0.2, 0.25) is 0 Å². The van der Waals surface area contributed by atoms with Gasteiger partial charge in [-0.05, 0) is 53.8 Å². The van der Waals surface area contributed by atoms with E-state index in [1.54, 1.807) is 13.8 Å². The molecule has 0 radical (unpaired) electrons. The average Bonchev–Trinajstić information content (AvgIpc) is 2.61. The Labute approximate surface area is 169 Å². The fraction of sp³-hybridized carbons (Fsp3) is 0.571. The lowest BCUT2D eigenvalue weighted by Gasteiger charge is -2.08. The molecule has 7 heteroatoms. The molecule has 0 aliphatic rings. The molecule has 0 unspecified atom stereocenters. The summed E-state index contributed by atoms with van der Waals surface area (Å²) in [5.74, 6) is -1.52. The second kappa shape index (κ2) is 19.4. The van der Waals surface area contributed by atoms with Gasteiger partial charge in [0.15, 0.2) is 0 Å². The van der Waals surface area contributed by atoms with Crippen LogP contribution in [0.1, 0.15) is 46.5 Å². The lowest BCUT2D eigenvalue weighted by molar-refractivity contribution is -0.139. The van der Waals surface area contributed by atoms with Crippen molar-refractivity contribution in [1.82, 2.24) is 4.90 Å². The summed E-state index contributed by atoms with van der Waals surface area (Å²) in [5.41, 5.74) is 1.20. The number of carboxylic acid groups (broad SMARTS) is 1. The van der Waals surface area contributed by atoms with Crippen molar-refractivity contribution in [1.29, 1.82) is 0 Å². The van der Waals surface area contributed by atoms with Gasteiger partial charge in [0.25, 0.3) is 0 Å². The molecule has 0 amide bonds. The number of hydrogen-bond acceptors (Lipinski definition) is 6. The van der Waals surface area contributed by atoms with Crippen molar-refractivity contribution in [3.8, 4) is 0 Å². The van der Waals surface area contributed by atoms with Gasteiger partial charge in [0.05, 0.1) is 13.7 Å². The number of carbonyl (C=O) groups excluding carboxylic acids is 2. The first kappa shape index (κ1) is 30.3. The van der Waals surface area contributed by atoms with Crippen LogP contribution in [0.4, 0.5) is 0 Å². The first-order chi connectivity index (χ1) is 12.9. The van der Waals surface area contributed by atoms with Crippen LogP contribution in [-0.4, -0.2) is 62.3 Å². The Kier molecular flexibility index (Phi) is 21.0. The van der Waals surface area contributed by atoms with Crippen molar-refractivity contribution in [2.75, 3.05) is 34.4 Å². The predicted molar refractivity (Wildman–Crippen MR) is 112 cm³/mol. The molecule has 0 atom stereocenters. The van der Waals surface area contributed by atoms with E-state index in [0.29, 0.717) is 29.7 Å². The van der Waals surface area contributed by atoms with Crippen LogP contribution in [0.15, 0.2) is 36.5 Å². The molecule has 0 spiro atoms. The molecule has 0 saturated heterocycles. The highest BCUT2D eigenvalue weighted by Gasteiger charge is 2.02. The zero-order valence-corrected chi connectivity index (χ0v) is 18.3. The van der Waals surface area contributed by atoms with E-state index in [2.05, 4.69) is 31.4 Å². The SMILES string of the molecule is C=C(C)C(=O)OC.C=C(C)C(=O)OCCCC.C=C(CCCN(C)C)C(=O)O. The number of carboxylic acids is 1. The number of hydrogen-bond donors (Lipinski definition) is 1. The Morgan fingerprint density at radius 2 is 1.46 bits per heavy atom. The van der Waals surface area contributed by atoms with E-state index >= 15 is 0 Å². The largest absolute Gasteiger partial charge is 0.478 e. The van der Waals surface area contributed by atoms with Crippen molar-refractivity contribution in [3.63, 3.8) is 0 Å². The van der Waals surface area contributed by atoms with Crippen molar-refractivity contribution in [2.45, 2.75) is 46.5 Å². The summed E-state index contributed by atoms with van der Waals surface area (Å²) in [4.78, 5) is 33.2. The van der Waals surface area contributed by atoms with E-state index < -0.39 is 5.97 Å². The van der Waals surface area contributed by atoms with Crippen LogP contribution in [0.5, 0.6) is 0 Å². The minimum absolute atomic E-state index is 0.284. The third-order valence-electron chi connectivity index (χ3n) is 3.00. The van der Waals surface area contributed by atoms with E-state index in [-0.39, 0.29) is 11.9 Å². The van der Waals surface area contributed by atoms with Crippen LogP contribution in [0, 0.1) is 0 Å².